The van der Waals surface area contributed by atoms with Crippen molar-refractivity contribution in [2.24, 2.45) is 0 Å². The Hall–Kier alpha value is -1.76. The van der Waals surface area contributed by atoms with E-state index in [0.29, 0.717) is 6.04 Å². The Morgan fingerprint density at radius 2 is 1.59 bits per heavy atom. The lowest BCUT2D eigenvalue weighted by molar-refractivity contribution is 0.284. The molecule has 0 aromatic heterocycles. The summed E-state index contributed by atoms with van der Waals surface area (Å²) < 4.78 is 0. The van der Waals surface area contributed by atoms with Gasteiger partial charge in [0.2, 0.25) is 0 Å². The maximum atomic E-state index is 2.74. The molecule has 1 aliphatic heterocycles. The van der Waals surface area contributed by atoms with Crippen LogP contribution in [0.5, 0.6) is 0 Å². The molecule has 1 heterocycles. The van der Waals surface area contributed by atoms with E-state index < -0.39 is 0 Å². The number of nitrogens with zero attached hydrogens (tertiary/aromatic N) is 1. The second-order valence-electron chi connectivity index (χ2n) is 7.01. The predicted molar refractivity (Wildman–Crippen MR) is 93.3 cm³/mol. The van der Waals surface area contributed by atoms with Crippen molar-refractivity contribution < 1.29 is 0 Å². The van der Waals surface area contributed by atoms with Crippen molar-refractivity contribution in [3.8, 4) is 0 Å². The van der Waals surface area contributed by atoms with Gasteiger partial charge in [0.1, 0.15) is 0 Å². The minimum atomic E-state index is 0.223. The molecule has 0 saturated heterocycles. The molecule has 1 saturated carbocycles. The quantitative estimate of drug-likeness (QED) is 0.648. The maximum Gasteiger partial charge on any atom is 0.0663 e. The molecule has 114 valence electrons. The Labute approximate surface area is 134 Å². The molecule has 0 amide bonds. The first-order valence-electron chi connectivity index (χ1n) is 8.68. The lowest BCUT2D eigenvalue weighted by Crippen LogP contribution is -2.44. The van der Waals surface area contributed by atoms with Crippen molar-refractivity contribution in [3.05, 3.63) is 65.2 Å². The van der Waals surface area contributed by atoms with Crippen LogP contribution in [0.3, 0.4) is 0 Å². The second-order valence-corrected chi connectivity index (χ2v) is 7.01. The second kappa shape index (κ2) is 5.15. The molecule has 0 N–H and O–H groups in total. The first kappa shape index (κ1) is 13.9. The van der Waals surface area contributed by atoms with Gasteiger partial charge in [-0.1, -0.05) is 61.7 Å². The van der Waals surface area contributed by atoms with Crippen molar-refractivity contribution in [1.29, 1.82) is 0 Å². The van der Waals surface area contributed by atoms with Crippen LogP contribution in [0.4, 0.5) is 5.69 Å². The first-order valence-corrected chi connectivity index (χ1v) is 8.68. The molecule has 1 atom stereocenters. The van der Waals surface area contributed by atoms with E-state index in [2.05, 4.69) is 67.3 Å². The highest BCUT2D eigenvalue weighted by atomic mass is 15.3. The fourth-order valence-electron chi connectivity index (χ4n) is 4.84. The fraction of sp³-hybridized carbons (Fsp3) is 0.429. The fourth-order valence-corrected chi connectivity index (χ4v) is 4.84. The lowest BCUT2D eigenvalue weighted by atomic mass is 9.76. The van der Waals surface area contributed by atoms with Gasteiger partial charge in [-0.25, -0.2) is 0 Å². The number of rotatable bonds is 1. The van der Waals surface area contributed by atoms with E-state index >= 15 is 0 Å². The molecular weight excluding hydrogens is 266 g/mol. The predicted octanol–water partition coefficient (Wildman–Crippen LogP) is 5.74. The van der Waals surface area contributed by atoms with Crippen LogP contribution < -0.4 is 4.90 Å². The van der Waals surface area contributed by atoms with E-state index in [1.54, 1.807) is 5.56 Å². The third-order valence-electron chi connectivity index (χ3n) is 5.82. The van der Waals surface area contributed by atoms with Gasteiger partial charge in [-0.2, -0.15) is 0 Å². The molecule has 4 rings (SSSR count). The van der Waals surface area contributed by atoms with Crippen LogP contribution in [0.15, 0.2) is 48.5 Å². The number of benzene rings is 2. The van der Waals surface area contributed by atoms with Crippen molar-refractivity contribution in [3.63, 3.8) is 0 Å². The molecule has 1 heteroatoms. The van der Waals surface area contributed by atoms with Gasteiger partial charge in [0.15, 0.2) is 0 Å². The van der Waals surface area contributed by atoms with Crippen LogP contribution in [0.1, 0.15) is 61.8 Å². The number of aryl methyl sites for hydroxylation is 1. The van der Waals surface area contributed by atoms with Gasteiger partial charge in [0.05, 0.1) is 11.6 Å². The van der Waals surface area contributed by atoms with E-state index in [9.17, 15) is 0 Å². The molecule has 1 aliphatic carbocycles. The molecule has 1 unspecified atom stereocenters. The summed E-state index contributed by atoms with van der Waals surface area (Å²) in [5.74, 6) is 0. The van der Waals surface area contributed by atoms with Crippen LogP contribution in [0.25, 0.3) is 0 Å². The summed E-state index contributed by atoms with van der Waals surface area (Å²) in [4.78, 5) is 2.74. The smallest absolute Gasteiger partial charge is 0.0663 e. The molecule has 1 fully saturated rings. The monoisotopic (exact) mass is 291 g/mol. The van der Waals surface area contributed by atoms with Crippen LogP contribution in [-0.2, 0) is 5.54 Å². The number of para-hydroxylation sites is 1. The standard InChI is InChI=1S/C21H25N/c1-16-10-4-7-13-20(16)22-17(2)18-11-5-6-12-19(18)21(22)14-8-3-9-15-21/h4-7,10-13,17H,3,8-9,14-15H2,1-2H3. The minimum absolute atomic E-state index is 0.223. The summed E-state index contributed by atoms with van der Waals surface area (Å²) in [5.41, 5.74) is 6.17. The average Bonchev–Trinajstić information content (AvgIpc) is 2.79. The van der Waals surface area contributed by atoms with Crippen molar-refractivity contribution >= 4 is 5.69 Å². The Kier molecular flexibility index (Phi) is 3.25. The van der Waals surface area contributed by atoms with Gasteiger partial charge in [-0.05, 0) is 49.4 Å². The lowest BCUT2D eigenvalue weighted by Gasteiger charge is -2.46. The zero-order valence-corrected chi connectivity index (χ0v) is 13.7. The van der Waals surface area contributed by atoms with E-state index in [-0.39, 0.29) is 5.54 Å². The highest BCUT2D eigenvalue weighted by Gasteiger charge is 2.49. The topological polar surface area (TPSA) is 3.24 Å². The Balaban J connectivity index is 1.92. The summed E-state index contributed by atoms with van der Waals surface area (Å²) in [6.45, 7) is 4.64. The largest absolute Gasteiger partial charge is 0.355 e. The molecular formula is C21H25N. The summed E-state index contributed by atoms with van der Waals surface area (Å²) in [7, 11) is 0. The van der Waals surface area contributed by atoms with Gasteiger partial charge in [-0.15, -0.1) is 0 Å². The van der Waals surface area contributed by atoms with E-state index in [4.69, 9.17) is 0 Å². The third kappa shape index (κ3) is 1.84. The summed E-state index contributed by atoms with van der Waals surface area (Å²) in [6, 6.07) is 18.5. The number of fused-ring (bicyclic) bond motifs is 2. The minimum Gasteiger partial charge on any atom is -0.355 e. The van der Waals surface area contributed by atoms with Gasteiger partial charge < -0.3 is 4.90 Å². The maximum absolute atomic E-state index is 2.74. The zero-order chi connectivity index (χ0) is 15.2. The molecule has 22 heavy (non-hydrogen) atoms. The Morgan fingerprint density at radius 1 is 0.909 bits per heavy atom. The van der Waals surface area contributed by atoms with Crippen molar-refractivity contribution in [2.45, 2.75) is 57.5 Å². The third-order valence-corrected chi connectivity index (χ3v) is 5.82. The molecule has 2 aromatic carbocycles. The van der Waals surface area contributed by atoms with Gasteiger partial charge >= 0.3 is 0 Å². The normalized spacial score (nSPS) is 22.8. The van der Waals surface area contributed by atoms with Gasteiger partial charge in [-0.3, -0.25) is 0 Å². The van der Waals surface area contributed by atoms with Crippen LogP contribution in [0, 0.1) is 6.92 Å². The first-order chi connectivity index (χ1) is 10.7. The Morgan fingerprint density at radius 3 is 2.36 bits per heavy atom. The average molecular weight is 291 g/mol. The molecule has 1 spiro atoms. The molecule has 1 nitrogen and oxygen atoms in total. The van der Waals surface area contributed by atoms with E-state index in [1.165, 1.54) is 48.9 Å². The molecule has 2 aromatic rings. The number of hydrogen-bond acceptors (Lipinski definition) is 1. The Bertz CT molecular complexity index is 682. The molecule has 0 bridgehead atoms. The summed E-state index contributed by atoms with van der Waals surface area (Å²) >= 11 is 0. The zero-order valence-electron chi connectivity index (χ0n) is 13.7. The number of hydrogen-bond donors (Lipinski definition) is 0. The van der Waals surface area contributed by atoms with Crippen molar-refractivity contribution in [2.75, 3.05) is 4.90 Å². The molecule has 0 radical (unpaired) electrons. The van der Waals surface area contributed by atoms with Crippen LogP contribution in [0.2, 0.25) is 0 Å². The van der Waals surface area contributed by atoms with Crippen LogP contribution >= 0.6 is 0 Å². The van der Waals surface area contributed by atoms with Crippen molar-refractivity contribution in [1.82, 2.24) is 0 Å². The van der Waals surface area contributed by atoms with Crippen LogP contribution in [-0.4, -0.2) is 0 Å². The number of anilines is 1. The SMILES string of the molecule is Cc1ccccc1N1C(C)c2ccccc2C12CCCCC2. The summed E-state index contributed by atoms with van der Waals surface area (Å²) in [6.07, 6.45) is 6.68. The highest BCUT2D eigenvalue weighted by molar-refractivity contribution is 5.63. The molecule has 2 aliphatic rings. The van der Waals surface area contributed by atoms with E-state index in [1.807, 2.05) is 0 Å². The van der Waals surface area contributed by atoms with Gasteiger partial charge in [0.25, 0.3) is 0 Å². The highest BCUT2D eigenvalue weighted by Crippen LogP contribution is 2.55. The summed E-state index contributed by atoms with van der Waals surface area (Å²) in [5, 5.41) is 0. The van der Waals surface area contributed by atoms with Gasteiger partial charge in [0, 0.05) is 5.69 Å². The van der Waals surface area contributed by atoms with E-state index in [0.717, 1.165) is 0 Å².